The number of phenols is 1. The Balaban J connectivity index is 1.56. The van der Waals surface area contributed by atoms with Crippen molar-refractivity contribution >= 4 is 24.1 Å². The first kappa shape index (κ1) is 20.7. The van der Waals surface area contributed by atoms with Gasteiger partial charge >= 0.3 is 0 Å². The molecule has 0 unspecified atom stereocenters. The SMILES string of the molecule is O=C(N/N=C/c1cccc(O)c1)/C(=C\c1ccc2c(c1)OCO2)NC(=O)c1ccccc1. The summed E-state index contributed by atoms with van der Waals surface area (Å²) in [5.74, 6) is 0.179. The van der Waals surface area contributed by atoms with Crippen LogP contribution in [-0.4, -0.2) is 29.9 Å². The first-order valence-corrected chi connectivity index (χ1v) is 9.69. The first-order chi connectivity index (χ1) is 15.6. The zero-order valence-corrected chi connectivity index (χ0v) is 16.8. The van der Waals surface area contributed by atoms with E-state index in [9.17, 15) is 14.7 Å². The molecule has 0 radical (unpaired) electrons. The number of rotatable bonds is 6. The Morgan fingerprint density at radius 1 is 0.906 bits per heavy atom. The summed E-state index contributed by atoms with van der Waals surface area (Å²) in [5.41, 5.74) is 4.01. The van der Waals surface area contributed by atoms with E-state index in [4.69, 9.17) is 9.47 Å². The molecule has 3 aromatic rings. The van der Waals surface area contributed by atoms with Crippen LogP contribution in [0.25, 0.3) is 6.08 Å². The molecule has 32 heavy (non-hydrogen) atoms. The quantitative estimate of drug-likeness (QED) is 0.317. The van der Waals surface area contributed by atoms with Gasteiger partial charge in [-0.3, -0.25) is 9.59 Å². The molecule has 0 fully saturated rings. The molecule has 4 rings (SSSR count). The molecule has 2 amide bonds. The number of nitrogens with zero attached hydrogens (tertiary/aromatic N) is 1. The molecule has 0 atom stereocenters. The van der Waals surface area contributed by atoms with Crippen molar-refractivity contribution in [3.8, 4) is 17.2 Å². The van der Waals surface area contributed by atoms with Crippen molar-refractivity contribution in [2.24, 2.45) is 5.10 Å². The molecule has 1 aliphatic rings. The van der Waals surface area contributed by atoms with Crippen LogP contribution >= 0.6 is 0 Å². The van der Waals surface area contributed by atoms with Crippen molar-refractivity contribution in [3.05, 3.63) is 95.2 Å². The highest BCUT2D eigenvalue weighted by molar-refractivity contribution is 6.05. The van der Waals surface area contributed by atoms with Gasteiger partial charge in [0.15, 0.2) is 11.5 Å². The second kappa shape index (κ2) is 9.48. The summed E-state index contributed by atoms with van der Waals surface area (Å²) in [6.07, 6.45) is 2.90. The molecule has 1 aliphatic heterocycles. The van der Waals surface area contributed by atoms with Gasteiger partial charge in [-0.15, -0.1) is 0 Å². The molecule has 0 spiro atoms. The van der Waals surface area contributed by atoms with E-state index in [-0.39, 0.29) is 18.2 Å². The predicted octanol–water partition coefficient (Wildman–Crippen LogP) is 3.04. The van der Waals surface area contributed by atoms with Crippen molar-refractivity contribution in [1.82, 2.24) is 10.7 Å². The van der Waals surface area contributed by atoms with Gasteiger partial charge in [0, 0.05) is 5.56 Å². The number of phenolic OH excluding ortho intramolecular Hbond substituents is 1. The van der Waals surface area contributed by atoms with E-state index in [0.717, 1.165) is 0 Å². The van der Waals surface area contributed by atoms with E-state index >= 15 is 0 Å². The van der Waals surface area contributed by atoms with E-state index in [1.54, 1.807) is 60.7 Å². The van der Waals surface area contributed by atoms with Gasteiger partial charge in [-0.1, -0.05) is 36.4 Å². The van der Waals surface area contributed by atoms with Gasteiger partial charge in [-0.2, -0.15) is 5.10 Å². The van der Waals surface area contributed by atoms with Gasteiger partial charge in [0.25, 0.3) is 11.8 Å². The molecule has 8 nitrogen and oxygen atoms in total. The van der Waals surface area contributed by atoms with Gasteiger partial charge < -0.3 is 19.9 Å². The van der Waals surface area contributed by atoms with Crippen molar-refractivity contribution in [1.29, 1.82) is 0 Å². The smallest absolute Gasteiger partial charge is 0.287 e. The Hall–Kier alpha value is -4.59. The molecule has 0 bridgehead atoms. The van der Waals surface area contributed by atoms with Gasteiger partial charge in [0.05, 0.1) is 6.21 Å². The number of aromatic hydroxyl groups is 1. The summed E-state index contributed by atoms with van der Waals surface area (Å²) < 4.78 is 10.7. The van der Waals surface area contributed by atoms with E-state index in [1.807, 2.05) is 0 Å². The lowest BCUT2D eigenvalue weighted by Crippen LogP contribution is -2.32. The molecule has 160 valence electrons. The normalized spacial score (nSPS) is 12.6. The van der Waals surface area contributed by atoms with Crippen LogP contribution in [-0.2, 0) is 4.79 Å². The number of hydrazone groups is 1. The Morgan fingerprint density at radius 2 is 1.72 bits per heavy atom. The molecular weight excluding hydrogens is 410 g/mol. The lowest BCUT2D eigenvalue weighted by molar-refractivity contribution is -0.117. The highest BCUT2D eigenvalue weighted by atomic mass is 16.7. The fourth-order valence-electron chi connectivity index (χ4n) is 2.94. The molecule has 3 aromatic carbocycles. The van der Waals surface area contributed by atoms with Crippen LogP contribution in [0, 0.1) is 0 Å². The third kappa shape index (κ3) is 5.11. The van der Waals surface area contributed by atoms with Gasteiger partial charge in [-0.25, -0.2) is 5.43 Å². The fraction of sp³-hybridized carbons (Fsp3) is 0.0417. The largest absolute Gasteiger partial charge is 0.508 e. The van der Waals surface area contributed by atoms with Crippen molar-refractivity contribution in [2.45, 2.75) is 0 Å². The average molecular weight is 429 g/mol. The number of nitrogens with one attached hydrogen (secondary N) is 2. The molecule has 0 aliphatic carbocycles. The molecular formula is C24H19N3O5. The third-order valence-electron chi connectivity index (χ3n) is 4.49. The van der Waals surface area contributed by atoms with Gasteiger partial charge in [0.2, 0.25) is 6.79 Å². The van der Waals surface area contributed by atoms with E-state index in [0.29, 0.717) is 28.2 Å². The number of carbonyl (C=O) groups excluding carboxylic acids is 2. The van der Waals surface area contributed by atoms with Crippen molar-refractivity contribution < 1.29 is 24.2 Å². The molecule has 0 aromatic heterocycles. The minimum Gasteiger partial charge on any atom is -0.508 e. The maximum Gasteiger partial charge on any atom is 0.287 e. The minimum absolute atomic E-state index is 0.00854. The summed E-state index contributed by atoms with van der Waals surface area (Å²) in [6, 6.07) is 20.1. The number of amides is 2. The lowest BCUT2D eigenvalue weighted by atomic mass is 10.1. The Bertz CT molecular complexity index is 1210. The molecule has 3 N–H and O–H groups in total. The van der Waals surface area contributed by atoms with Crippen LogP contribution < -0.4 is 20.2 Å². The van der Waals surface area contributed by atoms with Crippen molar-refractivity contribution in [2.75, 3.05) is 6.79 Å². The minimum atomic E-state index is -0.622. The molecule has 1 heterocycles. The zero-order chi connectivity index (χ0) is 22.3. The summed E-state index contributed by atoms with van der Waals surface area (Å²) in [7, 11) is 0. The van der Waals surface area contributed by atoms with Crippen LogP contribution in [0.15, 0.2) is 83.6 Å². The highest BCUT2D eigenvalue weighted by Gasteiger charge is 2.16. The van der Waals surface area contributed by atoms with Crippen LogP contribution in [0.5, 0.6) is 17.2 Å². The Morgan fingerprint density at radius 3 is 2.53 bits per heavy atom. The van der Waals surface area contributed by atoms with E-state index in [1.165, 1.54) is 24.4 Å². The number of carbonyl (C=O) groups is 2. The predicted molar refractivity (Wildman–Crippen MR) is 118 cm³/mol. The number of fused-ring (bicyclic) bond motifs is 1. The Labute approximate surface area is 183 Å². The summed E-state index contributed by atoms with van der Waals surface area (Å²) >= 11 is 0. The number of benzene rings is 3. The van der Waals surface area contributed by atoms with Crippen LogP contribution in [0.2, 0.25) is 0 Å². The monoisotopic (exact) mass is 429 g/mol. The van der Waals surface area contributed by atoms with E-state index in [2.05, 4.69) is 15.8 Å². The van der Waals surface area contributed by atoms with Gasteiger partial charge in [-0.05, 0) is 53.6 Å². The topological polar surface area (TPSA) is 109 Å². The molecule has 8 heteroatoms. The zero-order valence-electron chi connectivity index (χ0n) is 16.8. The van der Waals surface area contributed by atoms with Gasteiger partial charge in [0.1, 0.15) is 11.4 Å². The maximum absolute atomic E-state index is 12.8. The second-order valence-electron chi connectivity index (χ2n) is 6.78. The van der Waals surface area contributed by atoms with E-state index < -0.39 is 11.8 Å². The number of ether oxygens (including phenoxy) is 2. The standard InChI is InChI=1S/C24H19N3O5/c28-19-8-4-5-17(11-19)14-25-27-24(30)20(26-23(29)18-6-2-1-3-7-18)12-16-9-10-21-22(13-16)32-15-31-21/h1-14,28H,15H2,(H,26,29)(H,27,30)/b20-12+,25-14+. The van der Waals surface area contributed by atoms with Crippen LogP contribution in [0.4, 0.5) is 0 Å². The number of hydrogen-bond acceptors (Lipinski definition) is 6. The fourth-order valence-corrected chi connectivity index (χ4v) is 2.94. The second-order valence-corrected chi connectivity index (χ2v) is 6.78. The van der Waals surface area contributed by atoms with Crippen molar-refractivity contribution in [3.63, 3.8) is 0 Å². The Kier molecular flexibility index (Phi) is 6.12. The molecule has 0 saturated heterocycles. The first-order valence-electron chi connectivity index (χ1n) is 9.69. The van der Waals surface area contributed by atoms with Crippen LogP contribution in [0.1, 0.15) is 21.5 Å². The molecule has 0 saturated carbocycles. The summed E-state index contributed by atoms with van der Waals surface area (Å²) in [5, 5.41) is 16.1. The third-order valence-corrected chi connectivity index (χ3v) is 4.49. The highest BCUT2D eigenvalue weighted by Crippen LogP contribution is 2.33. The average Bonchev–Trinajstić information content (AvgIpc) is 3.27. The maximum atomic E-state index is 12.8. The lowest BCUT2D eigenvalue weighted by Gasteiger charge is -2.09. The summed E-state index contributed by atoms with van der Waals surface area (Å²) in [4.78, 5) is 25.4. The number of hydrogen-bond donors (Lipinski definition) is 3. The summed E-state index contributed by atoms with van der Waals surface area (Å²) in [6.45, 7) is 0.129. The van der Waals surface area contributed by atoms with Crippen LogP contribution in [0.3, 0.4) is 0 Å².